The van der Waals surface area contributed by atoms with Gasteiger partial charge >= 0.3 is 11.9 Å². The average molecular weight is 519 g/mol. The van der Waals surface area contributed by atoms with E-state index in [4.69, 9.17) is 19.8 Å². The second-order valence-electron chi connectivity index (χ2n) is 8.48. The lowest BCUT2D eigenvalue weighted by Gasteiger charge is -2.27. The summed E-state index contributed by atoms with van der Waals surface area (Å²) in [6.45, 7) is 2.60. The van der Waals surface area contributed by atoms with Crippen molar-refractivity contribution >= 4 is 38.4 Å². The van der Waals surface area contributed by atoms with E-state index in [-0.39, 0.29) is 0 Å². The molecule has 2 N–H and O–H groups in total. The highest BCUT2D eigenvalue weighted by Gasteiger charge is 2.25. The van der Waals surface area contributed by atoms with Gasteiger partial charge in [-0.1, -0.05) is 72.8 Å². The van der Waals surface area contributed by atoms with Crippen LogP contribution in [0.5, 0.6) is 0 Å². The fraction of sp³-hybridized carbons (Fsp3) is 0.143. The van der Waals surface area contributed by atoms with Crippen molar-refractivity contribution in [1.82, 2.24) is 8.87 Å². The molecule has 0 fully saturated rings. The number of para-hydroxylation sites is 1. The van der Waals surface area contributed by atoms with Gasteiger partial charge in [0.1, 0.15) is 0 Å². The zero-order chi connectivity index (χ0) is 26.4. The van der Waals surface area contributed by atoms with Crippen molar-refractivity contribution < 1.29 is 28.2 Å². The van der Waals surface area contributed by atoms with E-state index in [1.165, 1.54) is 9.54 Å². The van der Waals surface area contributed by atoms with Crippen LogP contribution in [0.15, 0.2) is 102 Å². The van der Waals surface area contributed by atoms with Crippen LogP contribution in [0.4, 0.5) is 0 Å². The molecule has 0 amide bonds. The first-order valence-corrected chi connectivity index (χ1v) is 13.0. The highest BCUT2D eigenvalue weighted by atomic mass is 32.2. The third kappa shape index (κ3) is 5.96. The lowest BCUT2D eigenvalue weighted by atomic mass is 10.0. The first kappa shape index (κ1) is 25.9. The quantitative estimate of drug-likeness (QED) is 0.378. The zero-order valence-electron chi connectivity index (χ0n) is 19.9. The molecule has 3 aromatic carbocycles. The minimum Gasteiger partial charge on any atom is -0.473 e. The van der Waals surface area contributed by atoms with Crippen LogP contribution in [0.2, 0.25) is 0 Å². The van der Waals surface area contributed by atoms with Crippen LogP contribution < -0.4 is 0 Å². The second-order valence-corrected chi connectivity index (χ2v) is 10.3. The third-order valence-electron chi connectivity index (χ3n) is 6.00. The lowest BCUT2D eigenvalue weighted by molar-refractivity contribution is -0.159. The Hall–Kier alpha value is -4.21. The Bertz CT molecular complexity index is 1530. The minimum atomic E-state index is -3.70. The maximum atomic E-state index is 13.6. The fourth-order valence-corrected chi connectivity index (χ4v) is 5.81. The third-order valence-corrected chi connectivity index (χ3v) is 7.74. The number of aliphatic carboxylic acids is 2. The maximum Gasteiger partial charge on any atom is 0.414 e. The van der Waals surface area contributed by atoms with Crippen LogP contribution in [-0.2, 0) is 26.2 Å². The SMILES string of the molecule is O=C(O)C(=O)O.O=S(=O)(c1ccccc1)n1c(C2=CCN(Cc3ccccc3)CC2)cc2ccccc21. The molecular formula is C28H26N2O6S. The van der Waals surface area contributed by atoms with Gasteiger partial charge in [-0.05, 0) is 41.8 Å². The lowest BCUT2D eigenvalue weighted by Crippen LogP contribution is -2.28. The summed E-state index contributed by atoms with van der Waals surface area (Å²) in [5.41, 5.74) is 3.86. The summed E-state index contributed by atoms with van der Waals surface area (Å²) in [7, 11) is -3.70. The van der Waals surface area contributed by atoms with Gasteiger partial charge in [0, 0.05) is 25.0 Å². The van der Waals surface area contributed by atoms with Crippen molar-refractivity contribution in [1.29, 1.82) is 0 Å². The molecule has 0 unspecified atom stereocenters. The molecule has 9 heteroatoms. The Morgan fingerprint density at radius 1 is 0.811 bits per heavy atom. The molecule has 0 atom stereocenters. The monoisotopic (exact) mass is 518 g/mol. The van der Waals surface area contributed by atoms with Gasteiger partial charge in [0.2, 0.25) is 0 Å². The largest absolute Gasteiger partial charge is 0.473 e. The van der Waals surface area contributed by atoms with E-state index in [0.29, 0.717) is 10.4 Å². The smallest absolute Gasteiger partial charge is 0.414 e. The van der Waals surface area contributed by atoms with Gasteiger partial charge in [0.25, 0.3) is 10.0 Å². The summed E-state index contributed by atoms with van der Waals surface area (Å²) in [5, 5.41) is 15.7. The van der Waals surface area contributed by atoms with E-state index < -0.39 is 22.0 Å². The Balaban J connectivity index is 0.000000480. The number of carboxylic acid groups (broad SMARTS) is 2. The standard InChI is InChI=1S/C26H24N2O2S.C2H2O4/c29-31(30,24-12-5-2-6-13-24)28-25-14-8-7-11-23(25)19-26(28)22-15-17-27(18-16-22)20-21-9-3-1-4-10-21;3-1(4)2(5)6/h1-15,19H,16-18,20H2;(H,3,4)(H,5,6). The first-order valence-electron chi connectivity index (χ1n) is 11.6. The predicted molar refractivity (Wildman–Crippen MR) is 141 cm³/mol. The molecule has 1 aliphatic rings. The fourth-order valence-electron chi connectivity index (χ4n) is 4.24. The van der Waals surface area contributed by atoms with Gasteiger partial charge in [-0.15, -0.1) is 0 Å². The molecule has 5 rings (SSSR count). The Labute approximate surface area is 214 Å². The van der Waals surface area contributed by atoms with E-state index in [2.05, 4.69) is 35.2 Å². The number of aromatic nitrogens is 1. The topological polar surface area (TPSA) is 117 Å². The molecule has 0 saturated carbocycles. The van der Waals surface area contributed by atoms with Crippen molar-refractivity contribution in [2.75, 3.05) is 13.1 Å². The van der Waals surface area contributed by atoms with E-state index >= 15 is 0 Å². The van der Waals surface area contributed by atoms with E-state index in [1.54, 1.807) is 24.3 Å². The van der Waals surface area contributed by atoms with Gasteiger partial charge in [0.05, 0.1) is 16.1 Å². The molecule has 0 bridgehead atoms. The number of carbonyl (C=O) groups is 2. The Morgan fingerprint density at radius 3 is 2.00 bits per heavy atom. The maximum absolute atomic E-state index is 13.6. The number of nitrogens with zero attached hydrogens (tertiary/aromatic N) is 2. The molecule has 4 aromatic rings. The summed E-state index contributed by atoms with van der Waals surface area (Å²) in [6.07, 6.45) is 2.99. The summed E-state index contributed by atoms with van der Waals surface area (Å²) in [5.74, 6) is -3.65. The predicted octanol–water partition coefficient (Wildman–Crippen LogP) is 4.32. The molecule has 0 radical (unpaired) electrons. The highest BCUT2D eigenvalue weighted by Crippen LogP contribution is 2.32. The summed E-state index contributed by atoms with van der Waals surface area (Å²) >= 11 is 0. The van der Waals surface area contributed by atoms with Gasteiger partial charge in [-0.3, -0.25) is 4.90 Å². The molecule has 2 heterocycles. The molecule has 37 heavy (non-hydrogen) atoms. The Morgan fingerprint density at radius 2 is 1.41 bits per heavy atom. The molecule has 1 aliphatic heterocycles. The Kier molecular flexibility index (Phi) is 7.86. The van der Waals surface area contributed by atoms with Crippen LogP contribution in [-0.4, -0.2) is 52.5 Å². The molecular weight excluding hydrogens is 492 g/mol. The first-order chi connectivity index (χ1) is 17.8. The van der Waals surface area contributed by atoms with E-state index in [1.807, 2.05) is 42.5 Å². The average Bonchev–Trinajstić information content (AvgIpc) is 3.31. The summed E-state index contributed by atoms with van der Waals surface area (Å²) < 4.78 is 28.7. The zero-order valence-corrected chi connectivity index (χ0v) is 20.7. The number of carboxylic acids is 2. The van der Waals surface area contributed by atoms with Gasteiger partial charge < -0.3 is 10.2 Å². The van der Waals surface area contributed by atoms with Crippen molar-refractivity contribution in [2.45, 2.75) is 17.9 Å². The molecule has 0 saturated heterocycles. The van der Waals surface area contributed by atoms with Gasteiger partial charge in [-0.2, -0.15) is 0 Å². The van der Waals surface area contributed by atoms with E-state index in [9.17, 15) is 8.42 Å². The van der Waals surface area contributed by atoms with Crippen molar-refractivity contribution in [3.63, 3.8) is 0 Å². The van der Waals surface area contributed by atoms with Gasteiger partial charge in [-0.25, -0.2) is 22.0 Å². The molecule has 0 aliphatic carbocycles. The van der Waals surface area contributed by atoms with Crippen molar-refractivity contribution in [2.24, 2.45) is 0 Å². The van der Waals surface area contributed by atoms with Gasteiger partial charge in [0.15, 0.2) is 0 Å². The van der Waals surface area contributed by atoms with Crippen LogP contribution >= 0.6 is 0 Å². The molecule has 190 valence electrons. The van der Waals surface area contributed by atoms with Crippen molar-refractivity contribution in [3.8, 4) is 0 Å². The summed E-state index contributed by atoms with van der Waals surface area (Å²) in [4.78, 5) is 20.9. The van der Waals surface area contributed by atoms with Crippen LogP contribution in [0, 0.1) is 0 Å². The number of benzene rings is 3. The summed E-state index contributed by atoms with van der Waals surface area (Å²) in [6, 6.07) is 28.8. The number of rotatable bonds is 5. The minimum absolute atomic E-state index is 0.305. The number of fused-ring (bicyclic) bond motifs is 1. The normalized spacial score (nSPS) is 13.9. The van der Waals surface area contributed by atoms with Crippen LogP contribution in [0.1, 0.15) is 17.7 Å². The van der Waals surface area contributed by atoms with Crippen LogP contribution in [0.3, 0.4) is 0 Å². The van der Waals surface area contributed by atoms with Crippen LogP contribution in [0.25, 0.3) is 16.5 Å². The second kappa shape index (κ2) is 11.2. The number of hydrogen-bond acceptors (Lipinski definition) is 5. The van der Waals surface area contributed by atoms with Crippen molar-refractivity contribution in [3.05, 3.63) is 108 Å². The molecule has 0 spiro atoms. The number of hydrogen-bond donors (Lipinski definition) is 2. The highest BCUT2D eigenvalue weighted by molar-refractivity contribution is 7.90. The molecule has 8 nitrogen and oxygen atoms in total. The van der Waals surface area contributed by atoms with E-state index in [0.717, 1.165) is 42.7 Å². The molecule has 1 aromatic heterocycles.